The molecule has 0 amide bonds. The van der Waals surface area contributed by atoms with Crippen LogP contribution in [-0.2, 0) is 0 Å². The maximum atomic E-state index is 6.50. The molecule has 1 aromatic rings. The standard InChI is InChI=1S/C17H28N2/c1-4-10-19-11-6-5-7-16(18)17(19)15-9-8-13(2)12-14(15)3/h8-9,12,16-17H,4-7,10-11,18H2,1-3H3. The predicted molar refractivity (Wildman–Crippen MR) is 82.3 cm³/mol. The molecule has 19 heavy (non-hydrogen) atoms. The van der Waals surface area contributed by atoms with E-state index in [2.05, 4.69) is 43.9 Å². The lowest BCUT2D eigenvalue weighted by Crippen LogP contribution is -2.40. The third-order valence-electron chi connectivity index (χ3n) is 4.29. The van der Waals surface area contributed by atoms with Gasteiger partial charge in [-0.25, -0.2) is 0 Å². The lowest BCUT2D eigenvalue weighted by molar-refractivity contribution is 0.185. The Morgan fingerprint density at radius 2 is 2.05 bits per heavy atom. The minimum atomic E-state index is 0.274. The molecular formula is C17H28N2. The Labute approximate surface area is 118 Å². The van der Waals surface area contributed by atoms with Crippen molar-refractivity contribution in [2.24, 2.45) is 5.73 Å². The molecule has 1 heterocycles. The first-order valence-corrected chi connectivity index (χ1v) is 7.70. The maximum absolute atomic E-state index is 6.50. The van der Waals surface area contributed by atoms with Crippen LogP contribution in [0, 0.1) is 13.8 Å². The molecule has 106 valence electrons. The summed E-state index contributed by atoms with van der Waals surface area (Å²) in [7, 11) is 0. The van der Waals surface area contributed by atoms with Crippen molar-refractivity contribution in [2.75, 3.05) is 13.1 Å². The summed E-state index contributed by atoms with van der Waals surface area (Å²) in [6.45, 7) is 9.00. The van der Waals surface area contributed by atoms with Crippen molar-refractivity contribution in [3.63, 3.8) is 0 Å². The molecule has 0 spiro atoms. The number of nitrogens with two attached hydrogens (primary N) is 1. The fourth-order valence-electron chi connectivity index (χ4n) is 3.39. The quantitative estimate of drug-likeness (QED) is 0.900. The summed E-state index contributed by atoms with van der Waals surface area (Å²) in [4.78, 5) is 2.61. The molecule has 1 saturated heterocycles. The van der Waals surface area contributed by atoms with Crippen LogP contribution in [0.4, 0.5) is 0 Å². The lowest BCUT2D eigenvalue weighted by atomic mass is 9.92. The fourth-order valence-corrected chi connectivity index (χ4v) is 3.39. The third kappa shape index (κ3) is 3.37. The normalized spacial score (nSPS) is 25.3. The van der Waals surface area contributed by atoms with Gasteiger partial charge in [0, 0.05) is 6.04 Å². The molecule has 1 aliphatic rings. The second-order valence-corrected chi connectivity index (χ2v) is 6.00. The smallest absolute Gasteiger partial charge is 0.0501 e. The predicted octanol–water partition coefficient (Wildman–Crippen LogP) is 3.57. The van der Waals surface area contributed by atoms with Gasteiger partial charge in [0.05, 0.1) is 6.04 Å². The van der Waals surface area contributed by atoms with Gasteiger partial charge in [-0.05, 0) is 57.3 Å². The van der Waals surface area contributed by atoms with Crippen LogP contribution in [0.1, 0.15) is 55.3 Å². The molecule has 1 aliphatic heterocycles. The Bertz CT molecular complexity index is 414. The molecule has 1 aromatic carbocycles. The van der Waals surface area contributed by atoms with Crippen molar-refractivity contribution in [1.82, 2.24) is 4.90 Å². The first-order chi connectivity index (χ1) is 9.13. The van der Waals surface area contributed by atoms with Crippen molar-refractivity contribution in [3.05, 3.63) is 34.9 Å². The van der Waals surface area contributed by atoms with E-state index in [1.165, 1.54) is 42.5 Å². The van der Waals surface area contributed by atoms with Gasteiger partial charge in [-0.1, -0.05) is 37.1 Å². The van der Waals surface area contributed by atoms with E-state index in [1.54, 1.807) is 0 Å². The minimum absolute atomic E-state index is 0.274. The zero-order valence-corrected chi connectivity index (χ0v) is 12.7. The van der Waals surface area contributed by atoms with Gasteiger partial charge in [-0.2, -0.15) is 0 Å². The molecule has 0 aromatic heterocycles. The summed E-state index contributed by atoms with van der Waals surface area (Å²) in [6, 6.07) is 7.49. The number of hydrogen-bond donors (Lipinski definition) is 1. The third-order valence-corrected chi connectivity index (χ3v) is 4.29. The minimum Gasteiger partial charge on any atom is -0.326 e. The van der Waals surface area contributed by atoms with Gasteiger partial charge < -0.3 is 5.73 Å². The van der Waals surface area contributed by atoms with Gasteiger partial charge >= 0.3 is 0 Å². The van der Waals surface area contributed by atoms with Crippen molar-refractivity contribution in [3.8, 4) is 0 Å². The van der Waals surface area contributed by atoms with Gasteiger partial charge in [0.25, 0.3) is 0 Å². The Balaban J connectivity index is 2.34. The van der Waals surface area contributed by atoms with Crippen molar-refractivity contribution in [1.29, 1.82) is 0 Å². The van der Waals surface area contributed by atoms with Crippen molar-refractivity contribution < 1.29 is 0 Å². The summed E-state index contributed by atoms with van der Waals surface area (Å²) in [5, 5.41) is 0. The van der Waals surface area contributed by atoms with Gasteiger partial charge in [-0.15, -0.1) is 0 Å². The maximum Gasteiger partial charge on any atom is 0.0501 e. The first-order valence-electron chi connectivity index (χ1n) is 7.70. The molecule has 2 unspecified atom stereocenters. The van der Waals surface area contributed by atoms with E-state index in [0.717, 1.165) is 13.0 Å². The van der Waals surface area contributed by atoms with Crippen LogP contribution in [0.25, 0.3) is 0 Å². The van der Waals surface area contributed by atoms with Gasteiger partial charge in [0.15, 0.2) is 0 Å². The second-order valence-electron chi connectivity index (χ2n) is 6.00. The van der Waals surface area contributed by atoms with E-state index >= 15 is 0 Å². The summed E-state index contributed by atoms with van der Waals surface area (Å²) in [6.07, 6.45) is 4.91. The average molecular weight is 260 g/mol. The van der Waals surface area contributed by atoms with Gasteiger partial charge in [0.2, 0.25) is 0 Å². The molecule has 2 N–H and O–H groups in total. The molecule has 0 radical (unpaired) electrons. The molecule has 0 saturated carbocycles. The molecule has 1 fully saturated rings. The Morgan fingerprint density at radius 1 is 1.26 bits per heavy atom. The number of benzene rings is 1. The van der Waals surface area contributed by atoms with Gasteiger partial charge in [0.1, 0.15) is 0 Å². The zero-order chi connectivity index (χ0) is 13.8. The van der Waals surface area contributed by atoms with Crippen molar-refractivity contribution in [2.45, 2.75) is 58.5 Å². The highest BCUT2D eigenvalue weighted by Gasteiger charge is 2.29. The molecule has 2 atom stereocenters. The number of likely N-dealkylation sites (tertiary alicyclic amines) is 1. The monoisotopic (exact) mass is 260 g/mol. The Kier molecular flexibility index (Phi) is 5.00. The lowest BCUT2D eigenvalue weighted by Gasteiger charge is -2.34. The number of aryl methyl sites for hydroxylation is 2. The van der Waals surface area contributed by atoms with Crippen LogP contribution in [0.2, 0.25) is 0 Å². The summed E-state index contributed by atoms with van der Waals surface area (Å²) in [5.74, 6) is 0. The summed E-state index contributed by atoms with van der Waals surface area (Å²) in [5.41, 5.74) is 10.7. The molecule has 0 bridgehead atoms. The number of hydrogen-bond acceptors (Lipinski definition) is 2. The highest BCUT2D eigenvalue weighted by molar-refractivity contribution is 5.34. The highest BCUT2D eigenvalue weighted by Crippen LogP contribution is 2.31. The van der Waals surface area contributed by atoms with Crippen LogP contribution >= 0.6 is 0 Å². The van der Waals surface area contributed by atoms with Gasteiger partial charge in [-0.3, -0.25) is 4.90 Å². The Hall–Kier alpha value is -0.860. The molecule has 2 heteroatoms. The van der Waals surface area contributed by atoms with E-state index in [0.29, 0.717) is 6.04 Å². The topological polar surface area (TPSA) is 29.3 Å². The van der Waals surface area contributed by atoms with Crippen LogP contribution in [0.5, 0.6) is 0 Å². The van der Waals surface area contributed by atoms with Crippen LogP contribution in [0.3, 0.4) is 0 Å². The highest BCUT2D eigenvalue weighted by atomic mass is 15.2. The van der Waals surface area contributed by atoms with Crippen LogP contribution in [-0.4, -0.2) is 24.0 Å². The fraction of sp³-hybridized carbons (Fsp3) is 0.647. The zero-order valence-electron chi connectivity index (χ0n) is 12.7. The van der Waals surface area contributed by atoms with E-state index in [-0.39, 0.29) is 6.04 Å². The molecule has 0 aliphatic carbocycles. The summed E-state index contributed by atoms with van der Waals surface area (Å²) >= 11 is 0. The van der Waals surface area contributed by atoms with E-state index < -0.39 is 0 Å². The average Bonchev–Trinajstić information content (AvgIpc) is 2.53. The SMILES string of the molecule is CCCN1CCCCC(N)C1c1ccc(C)cc1C. The first kappa shape index (κ1) is 14.5. The van der Waals surface area contributed by atoms with Crippen molar-refractivity contribution >= 4 is 0 Å². The summed E-state index contributed by atoms with van der Waals surface area (Å²) < 4.78 is 0. The van der Waals surface area contributed by atoms with E-state index in [4.69, 9.17) is 5.73 Å². The number of rotatable bonds is 3. The Morgan fingerprint density at radius 3 is 2.74 bits per heavy atom. The largest absolute Gasteiger partial charge is 0.326 e. The second kappa shape index (κ2) is 6.53. The van der Waals surface area contributed by atoms with Crippen LogP contribution in [0.15, 0.2) is 18.2 Å². The van der Waals surface area contributed by atoms with E-state index in [9.17, 15) is 0 Å². The van der Waals surface area contributed by atoms with Crippen LogP contribution < -0.4 is 5.73 Å². The molecule has 2 rings (SSSR count). The van der Waals surface area contributed by atoms with E-state index in [1.807, 2.05) is 0 Å². The number of nitrogens with zero attached hydrogens (tertiary/aromatic N) is 1. The molecular weight excluding hydrogens is 232 g/mol. The molecule has 2 nitrogen and oxygen atoms in total.